The molecule has 0 spiro atoms. The zero-order chi connectivity index (χ0) is 11.3. The minimum Gasteiger partial charge on any atom is -0.350 e. The predicted molar refractivity (Wildman–Crippen MR) is 60.1 cm³/mol. The molecule has 15 heavy (non-hydrogen) atoms. The van der Waals surface area contributed by atoms with Crippen LogP contribution in [0, 0.1) is 0 Å². The summed E-state index contributed by atoms with van der Waals surface area (Å²) in [5.74, 6) is 0.286. The van der Waals surface area contributed by atoms with Crippen molar-refractivity contribution in [3.63, 3.8) is 0 Å². The molecule has 80 valence electrons. The van der Waals surface area contributed by atoms with Crippen LogP contribution in [0.2, 0.25) is 0 Å². The summed E-state index contributed by atoms with van der Waals surface area (Å²) in [4.78, 5) is 0.176. The van der Waals surface area contributed by atoms with Crippen LogP contribution in [0.3, 0.4) is 0 Å². The fourth-order valence-electron chi connectivity index (χ4n) is 0.999. The Morgan fingerprint density at radius 3 is 2.53 bits per heavy atom. The molecule has 0 aliphatic carbocycles. The van der Waals surface area contributed by atoms with Gasteiger partial charge in [0.2, 0.25) is 0 Å². The predicted octanol–water partition coefficient (Wildman–Crippen LogP) is 1.53. The van der Waals surface area contributed by atoms with Gasteiger partial charge in [-0.15, -0.1) is 4.40 Å². The van der Waals surface area contributed by atoms with Gasteiger partial charge < -0.3 is 5.32 Å². The highest BCUT2D eigenvalue weighted by molar-refractivity contribution is 7.90. The van der Waals surface area contributed by atoms with Crippen molar-refractivity contribution in [1.82, 2.24) is 5.32 Å². The topological polar surface area (TPSA) is 58.5 Å². The average Bonchev–Trinajstić information content (AvgIpc) is 2.18. The minimum absolute atomic E-state index is 0.176. The van der Waals surface area contributed by atoms with Crippen LogP contribution < -0.4 is 5.32 Å². The molecule has 1 aromatic rings. The summed E-state index contributed by atoms with van der Waals surface area (Å²) in [6.07, 6.45) is 1.37. The van der Waals surface area contributed by atoms with Gasteiger partial charge in [-0.25, -0.2) is 0 Å². The molecular formula is C10H12N2O2S. The van der Waals surface area contributed by atoms with Crippen LogP contribution in [0.4, 0.5) is 0 Å². The molecule has 0 saturated heterocycles. The lowest BCUT2D eigenvalue weighted by atomic mass is 10.4. The molecule has 0 bridgehead atoms. The molecule has 0 atom stereocenters. The maximum absolute atomic E-state index is 11.7. The molecule has 0 fully saturated rings. The summed E-state index contributed by atoms with van der Waals surface area (Å²) in [5.41, 5.74) is 0. The third-order valence-corrected chi connectivity index (χ3v) is 2.99. The van der Waals surface area contributed by atoms with Crippen molar-refractivity contribution >= 4 is 15.9 Å². The molecular weight excluding hydrogens is 212 g/mol. The highest BCUT2D eigenvalue weighted by Gasteiger charge is 2.11. The number of hydrogen-bond acceptors (Lipinski definition) is 2. The van der Waals surface area contributed by atoms with Gasteiger partial charge in [-0.05, 0) is 25.3 Å². The molecule has 0 saturated carbocycles. The van der Waals surface area contributed by atoms with E-state index in [4.69, 9.17) is 0 Å². The number of amidine groups is 1. The van der Waals surface area contributed by atoms with Gasteiger partial charge >= 0.3 is 0 Å². The Hall–Kier alpha value is -1.62. The van der Waals surface area contributed by atoms with Crippen LogP contribution in [-0.4, -0.2) is 14.3 Å². The van der Waals surface area contributed by atoms with E-state index in [0.29, 0.717) is 0 Å². The summed E-state index contributed by atoms with van der Waals surface area (Å²) in [6, 6.07) is 8.05. The quantitative estimate of drug-likeness (QED) is 0.625. The second-order valence-electron chi connectivity index (χ2n) is 2.81. The first-order valence-electron chi connectivity index (χ1n) is 4.30. The maximum atomic E-state index is 11.7. The Morgan fingerprint density at radius 2 is 2.00 bits per heavy atom. The summed E-state index contributed by atoms with van der Waals surface area (Å²) >= 11 is 0. The minimum atomic E-state index is -3.60. The van der Waals surface area contributed by atoms with E-state index < -0.39 is 10.0 Å². The zero-order valence-corrected chi connectivity index (χ0v) is 9.16. The van der Waals surface area contributed by atoms with Crippen molar-refractivity contribution in [1.29, 1.82) is 0 Å². The largest absolute Gasteiger partial charge is 0.350 e. The van der Waals surface area contributed by atoms with Crippen LogP contribution in [-0.2, 0) is 10.0 Å². The van der Waals surface area contributed by atoms with Crippen molar-refractivity contribution in [2.45, 2.75) is 11.8 Å². The molecule has 0 unspecified atom stereocenters. The van der Waals surface area contributed by atoms with Crippen molar-refractivity contribution in [3.05, 3.63) is 43.1 Å². The average molecular weight is 224 g/mol. The number of nitrogens with zero attached hydrogens (tertiary/aromatic N) is 1. The fraction of sp³-hybridized carbons (Fsp3) is 0.100. The Labute approximate surface area is 89.4 Å². The van der Waals surface area contributed by atoms with Crippen LogP contribution in [0.25, 0.3) is 0 Å². The molecule has 4 nitrogen and oxygen atoms in total. The van der Waals surface area contributed by atoms with Crippen LogP contribution in [0.5, 0.6) is 0 Å². The highest BCUT2D eigenvalue weighted by Crippen LogP contribution is 2.10. The number of hydrogen-bond donors (Lipinski definition) is 1. The van der Waals surface area contributed by atoms with Gasteiger partial charge in [-0.2, -0.15) is 8.42 Å². The van der Waals surface area contributed by atoms with Gasteiger partial charge in [0.05, 0.1) is 4.90 Å². The molecule has 0 aromatic heterocycles. The van der Waals surface area contributed by atoms with E-state index in [9.17, 15) is 8.42 Å². The summed E-state index contributed by atoms with van der Waals surface area (Å²) < 4.78 is 26.9. The van der Waals surface area contributed by atoms with Gasteiger partial charge in [0.25, 0.3) is 10.0 Å². The molecule has 5 heteroatoms. The Balaban J connectivity index is 3.05. The van der Waals surface area contributed by atoms with E-state index in [1.165, 1.54) is 18.3 Å². The normalized spacial score (nSPS) is 12.2. The monoisotopic (exact) mass is 224 g/mol. The third kappa shape index (κ3) is 3.21. The van der Waals surface area contributed by atoms with Crippen molar-refractivity contribution < 1.29 is 8.42 Å². The maximum Gasteiger partial charge on any atom is 0.283 e. The number of sulfonamides is 1. The standard InChI is InChI=1S/C10H12N2O2S/c1-3-11-9(2)12-15(13,14)10-7-5-4-6-8-10/h3-8H,1H2,2H3,(H,11,12). The first-order valence-corrected chi connectivity index (χ1v) is 5.74. The number of nitrogens with one attached hydrogen (secondary N) is 1. The molecule has 0 aliphatic rings. The van der Waals surface area contributed by atoms with Gasteiger partial charge in [0.1, 0.15) is 5.84 Å². The second kappa shape index (κ2) is 4.75. The molecule has 1 aromatic carbocycles. The summed E-state index contributed by atoms with van der Waals surface area (Å²) in [7, 11) is -3.60. The molecule has 0 amide bonds. The molecule has 0 aliphatic heterocycles. The van der Waals surface area contributed by atoms with Crippen molar-refractivity contribution in [3.8, 4) is 0 Å². The zero-order valence-electron chi connectivity index (χ0n) is 8.34. The Bertz CT molecular complexity index is 463. The summed E-state index contributed by atoms with van der Waals surface area (Å²) in [6.45, 7) is 4.97. The van der Waals surface area contributed by atoms with Crippen molar-refractivity contribution in [2.75, 3.05) is 0 Å². The van der Waals surface area contributed by atoms with Crippen LogP contribution in [0.15, 0.2) is 52.4 Å². The second-order valence-corrected chi connectivity index (χ2v) is 4.42. The van der Waals surface area contributed by atoms with E-state index in [-0.39, 0.29) is 10.7 Å². The van der Waals surface area contributed by atoms with E-state index in [1.807, 2.05) is 0 Å². The highest BCUT2D eigenvalue weighted by atomic mass is 32.2. The molecule has 1 N–H and O–H groups in total. The Kier molecular flexibility index (Phi) is 3.62. The van der Waals surface area contributed by atoms with Gasteiger partial charge in [-0.3, -0.25) is 0 Å². The molecule has 0 heterocycles. The SMILES string of the molecule is C=CNC(C)=NS(=O)(=O)c1ccccc1. The van der Waals surface area contributed by atoms with E-state index in [2.05, 4.69) is 16.3 Å². The van der Waals surface area contributed by atoms with E-state index in [1.54, 1.807) is 25.1 Å². The van der Waals surface area contributed by atoms with Crippen molar-refractivity contribution in [2.24, 2.45) is 4.40 Å². The molecule has 0 radical (unpaired) electrons. The first-order chi connectivity index (χ1) is 7.06. The van der Waals surface area contributed by atoms with Gasteiger partial charge in [0, 0.05) is 0 Å². The van der Waals surface area contributed by atoms with Gasteiger partial charge in [-0.1, -0.05) is 24.8 Å². The van der Waals surface area contributed by atoms with Crippen LogP contribution in [0.1, 0.15) is 6.92 Å². The number of rotatable bonds is 3. The third-order valence-electron chi connectivity index (χ3n) is 1.61. The number of benzene rings is 1. The lowest BCUT2D eigenvalue weighted by Crippen LogP contribution is -2.14. The fourth-order valence-corrected chi connectivity index (χ4v) is 2.02. The van der Waals surface area contributed by atoms with E-state index in [0.717, 1.165) is 0 Å². The van der Waals surface area contributed by atoms with E-state index >= 15 is 0 Å². The Morgan fingerprint density at radius 1 is 1.40 bits per heavy atom. The molecule has 1 rings (SSSR count). The van der Waals surface area contributed by atoms with Gasteiger partial charge in [0.15, 0.2) is 0 Å². The first kappa shape index (κ1) is 11.5. The van der Waals surface area contributed by atoms with Crippen LogP contribution >= 0.6 is 0 Å². The summed E-state index contributed by atoms with van der Waals surface area (Å²) in [5, 5.41) is 2.61. The lowest BCUT2D eigenvalue weighted by Gasteiger charge is -2.00. The lowest BCUT2D eigenvalue weighted by molar-refractivity contribution is 0.598. The smallest absolute Gasteiger partial charge is 0.283 e.